The summed E-state index contributed by atoms with van der Waals surface area (Å²) in [5.41, 5.74) is 10.1. The van der Waals surface area contributed by atoms with E-state index >= 15 is 0 Å². The average molecular weight is 335 g/mol. The molecule has 1 spiro atoms. The number of anilines is 1. The van der Waals surface area contributed by atoms with Gasteiger partial charge in [-0.05, 0) is 58.9 Å². The monoisotopic (exact) mass is 335 g/mol. The van der Waals surface area contributed by atoms with Gasteiger partial charge in [0.1, 0.15) is 5.54 Å². The zero-order chi connectivity index (χ0) is 17.7. The Morgan fingerprint density at radius 1 is 0.731 bits per heavy atom. The lowest BCUT2D eigenvalue weighted by Gasteiger charge is -2.40. The van der Waals surface area contributed by atoms with Gasteiger partial charge in [-0.3, -0.25) is 0 Å². The molecule has 0 radical (unpaired) electrons. The van der Waals surface area contributed by atoms with Crippen LogP contribution in [0.3, 0.4) is 0 Å². The van der Waals surface area contributed by atoms with E-state index in [-0.39, 0.29) is 5.54 Å². The fraction of sp³-hybridized carbons (Fsp3) is 0.120. The maximum absolute atomic E-state index is 3.93. The normalized spacial score (nSPS) is 20.5. The molecule has 0 saturated heterocycles. The van der Waals surface area contributed by atoms with E-state index in [1.165, 1.54) is 44.7 Å². The highest BCUT2D eigenvalue weighted by Gasteiger charge is 2.47. The number of allylic oxidation sites excluding steroid dienone is 1. The predicted octanol–water partition coefficient (Wildman–Crippen LogP) is 6.36. The Labute approximate surface area is 154 Å². The third kappa shape index (κ3) is 1.91. The van der Waals surface area contributed by atoms with Crippen molar-refractivity contribution in [1.29, 1.82) is 0 Å². The minimum absolute atomic E-state index is 0.309. The Bertz CT molecular complexity index is 1070. The van der Waals surface area contributed by atoms with E-state index in [0.29, 0.717) is 0 Å². The molecule has 1 heteroatoms. The van der Waals surface area contributed by atoms with Crippen molar-refractivity contribution in [3.63, 3.8) is 0 Å². The zero-order valence-corrected chi connectivity index (χ0v) is 15.1. The largest absolute Gasteiger partial charge is 0.368 e. The highest BCUT2D eigenvalue weighted by Crippen LogP contribution is 2.56. The molecule has 0 amide bonds. The van der Waals surface area contributed by atoms with Gasteiger partial charge in [0.2, 0.25) is 0 Å². The van der Waals surface area contributed by atoms with Gasteiger partial charge < -0.3 is 5.32 Å². The van der Waals surface area contributed by atoms with Gasteiger partial charge in [-0.1, -0.05) is 78.9 Å². The van der Waals surface area contributed by atoms with E-state index in [1.54, 1.807) is 0 Å². The summed E-state index contributed by atoms with van der Waals surface area (Å²) in [4.78, 5) is 0. The van der Waals surface area contributed by atoms with Crippen LogP contribution in [0.2, 0.25) is 0 Å². The first-order valence-electron chi connectivity index (χ1n) is 9.14. The number of rotatable bonds is 1. The zero-order valence-electron chi connectivity index (χ0n) is 15.1. The van der Waals surface area contributed by atoms with Gasteiger partial charge in [-0.25, -0.2) is 0 Å². The van der Waals surface area contributed by atoms with Gasteiger partial charge in [0.15, 0.2) is 0 Å². The van der Waals surface area contributed by atoms with Crippen LogP contribution in [-0.2, 0) is 5.54 Å². The molecule has 0 fully saturated rings. The van der Waals surface area contributed by atoms with Crippen molar-refractivity contribution < 1.29 is 0 Å². The maximum Gasteiger partial charge on any atom is 0.111 e. The molecule has 0 aromatic heterocycles. The van der Waals surface area contributed by atoms with Crippen molar-refractivity contribution in [1.82, 2.24) is 0 Å². The highest BCUT2D eigenvalue weighted by atomic mass is 15.0. The van der Waals surface area contributed by atoms with E-state index in [1.807, 2.05) is 0 Å². The molecule has 1 aliphatic heterocycles. The molecule has 2 aliphatic rings. The van der Waals surface area contributed by atoms with Crippen LogP contribution < -0.4 is 5.32 Å². The molecule has 3 aromatic rings. The molecule has 1 heterocycles. The molecular weight excluding hydrogens is 314 g/mol. The van der Waals surface area contributed by atoms with Crippen molar-refractivity contribution in [3.8, 4) is 0 Å². The Kier molecular flexibility index (Phi) is 3.20. The second-order valence-corrected chi connectivity index (χ2v) is 7.20. The molecule has 5 rings (SSSR count). The molecular formula is C25H21N. The number of nitrogens with one attached hydrogen (secondary N) is 1. The average Bonchev–Trinajstić information content (AvgIpc) is 2.93. The minimum Gasteiger partial charge on any atom is -0.368 e. The Hall–Kier alpha value is -3.06. The van der Waals surface area contributed by atoms with Crippen LogP contribution in [0, 0.1) is 0 Å². The molecule has 1 nitrogen and oxygen atoms in total. The van der Waals surface area contributed by atoms with Gasteiger partial charge in [0.25, 0.3) is 0 Å². The van der Waals surface area contributed by atoms with Crippen LogP contribution in [0.1, 0.15) is 36.1 Å². The van der Waals surface area contributed by atoms with Gasteiger partial charge in [0.05, 0.1) is 0 Å². The van der Waals surface area contributed by atoms with Crippen LogP contribution in [0.25, 0.3) is 17.2 Å². The maximum atomic E-state index is 3.93. The Morgan fingerprint density at radius 2 is 1.42 bits per heavy atom. The van der Waals surface area contributed by atoms with Crippen LogP contribution in [0.4, 0.5) is 5.69 Å². The quantitative estimate of drug-likeness (QED) is 0.546. The molecule has 3 aromatic carbocycles. The smallest absolute Gasteiger partial charge is 0.111 e. The summed E-state index contributed by atoms with van der Waals surface area (Å²) in [5, 5.41) is 3.93. The summed E-state index contributed by atoms with van der Waals surface area (Å²) >= 11 is 0. The number of para-hydroxylation sites is 1. The van der Waals surface area contributed by atoms with Crippen LogP contribution in [0.5, 0.6) is 0 Å². The fourth-order valence-corrected chi connectivity index (χ4v) is 4.64. The van der Waals surface area contributed by atoms with E-state index < -0.39 is 0 Å². The molecule has 1 N–H and O–H groups in total. The summed E-state index contributed by atoms with van der Waals surface area (Å²) < 4.78 is 0. The van der Waals surface area contributed by atoms with Gasteiger partial charge in [0, 0.05) is 5.69 Å². The van der Waals surface area contributed by atoms with Crippen molar-refractivity contribution in [3.05, 3.63) is 107 Å². The van der Waals surface area contributed by atoms with Crippen LogP contribution in [-0.4, -0.2) is 0 Å². The van der Waals surface area contributed by atoms with E-state index in [9.17, 15) is 0 Å². The lowest BCUT2D eigenvalue weighted by molar-refractivity contribution is 0.754. The molecule has 1 unspecified atom stereocenters. The van der Waals surface area contributed by atoms with E-state index in [2.05, 4.69) is 104 Å². The van der Waals surface area contributed by atoms with Crippen molar-refractivity contribution in [2.75, 3.05) is 5.32 Å². The lowest BCUT2D eigenvalue weighted by Crippen LogP contribution is -2.38. The molecule has 1 aliphatic carbocycles. The Morgan fingerprint density at radius 3 is 2.27 bits per heavy atom. The topological polar surface area (TPSA) is 12.0 Å². The summed E-state index contributed by atoms with van der Waals surface area (Å²) in [7, 11) is 0. The SMILES string of the molecule is CC1=Cc2ccccc2NC12C(c1ccccc1)=C(C)c1ccccc12. The summed E-state index contributed by atoms with van der Waals surface area (Å²) in [6.07, 6.45) is 2.34. The lowest BCUT2D eigenvalue weighted by atomic mass is 9.74. The summed E-state index contributed by atoms with van der Waals surface area (Å²) in [6, 6.07) is 28.2. The predicted molar refractivity (Wildman–Crippen MR) is 111 cm³/mol. The number of hydrogen-bond acceptors (Lipinski definition) is 1. The summed E-state index contributed by atoms with van der Waals surface area (Å²) in [6.45, 7) is 4.51. The number of benzene rings is 3. The van der Waals surface area contributed by atoms with Crippen molar-refractivity contribution >= 4 is 22.9 Å². The number of fused-ring (bicyclic) bond motifs is 3. The van der Waals surface area contributed by atoms with Crippen molar-refractivity contribution in [2.24, 2.45) is 0 Å². The first kappa shape index (κ1) is 15.2. The molecule has 26 heavy (non-hydrogen) atoms. The molecule has 0 saturated carbocycles. The first-order chi connectivity index (χ1) is 12.7. The fourth-order valence-electron chi connectivity index (χ4n) is 4.64. The van der Waals surface area contributed by atoms with E-state index in [4.69, 9.17) is 0 Å². The first-order valence-corrected chi connectivity index (χ1v) is 9.14. The summed E-state index contributed by atoms with van der Waals surface area (Å²) in [5.74, 6) is 0. The van der Waals surface area contributed by atoms with Crippen LogP contribution in [0.15, 0.2) is 84.4 Å². The van der Waals surface area contributed by atoms with Gasteiger partial charge in [-0.2, -0.15) is 0 Å². The third-order valence-electron chi connectivity index (χ3n) is 5.79. The van der Waals surface area contributed by atoms with Gasteiger partial charge >= 0.3 is 0 Å². The molecule has 0 bridgehead atoms. The number of hydrogen-bond donors (Lipinski definition) is 1. The second-order valence-electron chi connectivity index (χ2n) is 7.20. The highest BCUT2D eigenvalue weighted by molar-refractivity contribution is 6.05. The minimum atomic E-state index is -0.309. The van der Waals surface area contributed by atoms with Gasteiger partial charge in [-0.15, -0.1) is 0 Å². The van der Waals surface area contributed by atoms with E-state index in [0.717, 1.165) is 0 Å². The second kappa shape index (κ2) is 5.47. The molecule has 1 atom stereocenters. The Balaban J connectivity index is 1.85. The van der Waals surface area contributed by atoms with Crippen LogP contribution >= 0.6 is 0 Å². The third-order valence-corrected chi connectivity index (χ3v) is 5.79. The van der Waals surface area contributed by atoms with Crippen molar-refractivity contribution in [2.45, 2.75) is 19.4 Å². The molecule has 126 valence electrons. The standard InChI is InChI=1S/C25H21N/c1-17-16-20-12-6-9-15-23(20)26-25(17)22-14-8-7-13-21(22)18(2)24(25)19-10-4-3-5-11-19/h3-16,26H,1-2H3.